The molecule has 4 aromatic rings. The zero-order chi connectivity index (χ0) is 19.7. The Kier molecular flexibility index (Phi) is 4.70. The minimum absolute atomic E-state index is 0.265. The highest BCUT2D eigenvalue weighted by Crippen LogP contribution is 2.29. The molecule has 0 fully saturated rings. The molecule has 2 heterocycles. The molecule has 0 atom stereocenters. The first-order valence-corrected chi connectivity index (χ1v) is 11.1. The zero-order valence-electron chi connectivity index (χ0n) is 15.2. The van der Waals surface area contributed by atoms with Gasteiger partial charge in [0.15, 0.2) is 15.0 Å². The zero-order valence-corrected chi connectivity index (χ0v) is 16.8. The second-order valence-electron chi connectivity index (χ2n) is 6.26. The Morgan fingerprint density at radius 2 is 1.71 bits per heavy atom. The molecule has 0 aliphatic heterocycles. The van der Waals surface area contributed by atoms with Crippen LogP contribution in [-0.4, -0.2) is 29.6 Å². The van der Waals surface area contributed by atoms with Crippen LogP contribution in [0.1, 0.15) is 5.56 Å². The fraction of sp³-hybridized carbons (Fsp3) is 0.105. The SMILES string of the molecule is Cc1cnc(Nc2ccc(S(C)(=O)=O)cc2)nc1Nc1nc2ccccc2s1. The number of rotatable bonds is 5. The van der Waals surface area contributed by atoms with E-state index in [9.17, 15) is 8.42 Å². The van der Waals surface area contributed by atoms with Gasteiger partial charge in [-0.25, -0.2) is 18.4 Å². The fourth-order valence-corrected chi connectivity index (χ4v) is 4.07. The van der Waals surface area contributed by atoms with Crippen LogP contribution >= 0.6 is 11.3 Å². The van der Waals surface area contributed by atoms with Gasteiger partial charge in [0, 0.05) is 23.7 Å². The number of hydrogen-bond acceptors (Lipinski definition) is 8. The van der Waals surface area contributed by atoms with E-state index in [-0.39, 0.29) is 4.90 Å². The lowest BCUT2D eigenvalue weighted by molar-refractivity contribution is 0.602. The Labute approximate surface area is 166 Å². The van der Waals surface area contributed by atoms with Crippen molar-refractivity contribution in [3.05, 3.63) is 60.3 Å². The predicted octanol–water partition coefficient (Wildman–Crippen LogP) is 4.29. The molecule has 0 saturated heterocycles. The third-order valence-corrected chi connectivity index (χ3v) is 6.11. The van der Waals surface area contributed by atoms with Crippen molar-refractivity contribution < 1.29 is 8.42 Å². The summed E-state index contributed by atoms with van der Waals surface area (Å²) in [5.41, 5.74) is 2.52. The topological polar surface area (TPSA) is 96.9 Å². The molecule has 142 valence electrons. The molecule has 7 nitrogen and oxygen atoms in total. The van der Waals surface area contributed by atoms with Crippen LogP contribution in [0.25, 0.3) is 10.2 Å². The van der Waals surface area contributed by atoms with Crippen molar-refractivity contribution in [3.63, 3.8) is 0 Å². The average molecular weight is 412 g/mol. The van der Waals surface area contributed by atoms with Gasteiger partial charge in [0.1, 0.15) is 5.82 Å². The van der Waals surface area contributed by atoms with Gasteiger partial charge < -0.3 is 10.6 Å². The summed E-state index contributed by atoms with van der Waals surface area (Å²) >= 11 is 1.55. The fourth-order valence-electron chi connectivity index (χ4n) is 2.57. The van der Waals surface area contributed by atoms with Crippen molar-refractivity contribution in [2.45, 2.75) is 11.8 Å². The number of nitrogens with one attached hydrogen (secondary N) is 2. The van der Waals surface area contributed by atoms with E-state index in [1.54, 1.807) is 41.8 Å². The maximum Gasteiger partial charge on any atom is 0.229 e. The first-order chi connectivity index (χ1) is 13.4. The van der Waals surface area contributed by atoms with Crippen molar-refractivity contribution in [3.8, 4) is 0 Å². The summed E-state index contributed by atoms with van der Waals surface area (Å²) < 4.78 is 24.2. The molecule has 4 rings (SSSR count). The van der Waals surface area contributed by atoms with Crippen LogP contribution in [0, 0.1) is 6.92 Å². The monoisotopic (exact) mass is 411 g/mol. The number of benzene rings is 2. The maximum absolute atomic E-state index is 11.6. The number of aryl methyl sites for hydroxylation is 1. The van der Waals surface area contributed by atoms with Crippen LogP contribution < -0.4 is 10.6 Å². The van der Waals surface area contributed by atoms with E-state index >= 15 is 0 Å². The molecular weight excluding hydrogens is 394 g/mol. The van der Waals surface area contributed by atoms with E-state index in [0.29, 0.717) is 17.5 Å². The highest BCUT2D eigenvalue weighted by molar-refractivity contribution is 7.90. The molecule has 0 aliphatic carbocycles. The number of hydrogen-bond donors (Lipinski definition) is 2. The summed E-state index contributed by atoms with van der Waals surface area (Å²) in [7, 11) is -3.23. The lowest BCUT2D eigenvalue weighted by Gasteiger charge is -2.09. The van der Waals surface area contributed by atoms with Gasteiger partial charge in [-0.2, -0.15) is 4.98 Å². The van der Waals surface area contributed by atoms with Gasteiger partial charge in [-0.15, -0.1) is 0 Å². The third kappa shape index (κ3) is 3.95. The molecule has 0 aliphatic rings. The molecule has 0 radical (unpaired) electrons. The minimum atomic E-state index is -3.23. The number of anilines is 4. The van der Waals surface area contributed by atoms with Crippen LogP contribution in [0.4, 0.5) is 22.6 Å². The largest absolute Gasteiger partial charge is 0.324 e. The molecule has 2 aromatic carbocycles. The van der Waals surface area contributed by atoms with E-state index in [0.717, 1.165) is 20.9 Å². The Balaban J connectivity index is 1.56. The van der Waals surface area contributed by atoms with Crippen LogP contribution in [-0.2, 0) is 9.84 Å². The van der Waals surface area contributed by atoms with Crippen molar-refractivity contribution in [1.29, 1.82) is 0 Å². The molecular formula is C19H17N5O2S2. The molecule has 0 amide bonds. The highest BCUT2D eigenvalue weighted by Gasteiger charge is 2.10. The van der Waals surface area contributed by atoms with Gasteiger partial charge in [0.2, 0.25) is 5.95 Å². The number of thiazole rings is 1. The quantitative estimate of drug-likeness (QED) is 0.506. The van der Waals surface area contributed by atoms with Gasteiger partial charge in [-0.05, 0) is 43.3 Å². The van der Waals surface area contributed by atoms with Crippen LogP contribution in [0.5, 0.6) is 0 Å². The van der Waals surface area contributed by atoms with Gasteiger partial charge >= 0.3 is 0 Å². The minimum Gasteiger partial charge on any atom is -0.324 e. The molecule has 9 heteroatoms. The molecule has 2 aromatic heterocycles. The number of nitrogens with zero attached hydrogens (tertiary/aromatic N) is 3. The van der Waals surface area contributed by atoms with Crippen LogP contribution in [0.15, 0.2) is 59.6 Å². The van der Waals surface area contributed by atoms with Crippen LogP contribution in [0.2, 0.25) is 0 Å². The van der Waals surface area contributed by atoms with Crippen LogP contribution in [0.3, 0.4) is 0 Å². The number of sulfone groups is 1. The summed E-state index contributed by atoms with van der Waals surface area (Å²) in [6, 6.07) is 14.4. The lowest BCUT2D eigenvalue weighted by Crippen LogP contribution is -2.03. The Hall–Kier alpha value is -3.04. The second-order valence-corrected chi connectivity index (χ2v) is 9.30. The average Bonchev–Trinajstić information content (AvgIpc) is 3.06. The summed E-state index contributed by atoms with van der Waals surface area (Å²) in [6.45, 7) is 1.92. The predicted molar refractivity (Wildman–Crippen MR) is 113 cm³/mol. The molecule has 2 N–H and O–H groups in total. The van der Waals surface area contributed by atoms with E-state index in [1.807, 2.05) is 31.2 Å². The van der Waals surface area contributed by atoms with E-state index in [1.165, 1.54) is 6.26 Å². The summed E-state index contributed by atoms with van der Waals surface area (Å²) in [5, 5.41) is 7.10. The molecule has 0 unspecified atom stereocenters. The molecule has 28 heavy (non-hydrogen) atoms. The maximum atomic E-state index is 11.6. The molecule has 0 saturated carbocycles. The van der Waals surface area contributed by atoms with Crippen molar-refractivity contribution in [2.24, 2.45) is 0 Å². The first kappa shape index (κ1) is 18.3. The Bertz CT molecular complexity index is 1220. The third-order valence-electron chi connectivity index (χ3n) is 4.03. The summed E-state index contributed by atoms with van der Waals surface area (Å²) in [6.07, 6.45) is 2.90. The molecule has 0 spiro atoms. The van der Waals surface area contributed by atoms with Crippen molar-refractivity contribution in [2.75, 3.05) is 16.9 Å². The number of para-hydroxylation sites is 1. The summed E-state index contributed by atoms with van der Waals surface area (Å²) in [5.74, 6) is 1.06. The first-order valence-electron chi connectivity index (χ1n) is 8.42. The molecule has 0 bridgehead atoms. The van der Waals surface area contributed by atoms with Crippen molar-refractivity contribution >= 4 is 54.0 Å². The Morgan fingerprint density at radius 3 is 2.43 bits per heavy atom. The normalized spacial score (nSPS) is 11.5. The highest BCUT2D eigenvalue weighted by atomic mass is 32.2. The standard InChI is InChI=1S/C19H17N5O2S2/c1-12-11-20-18(21-13-7-9-14(10-8-13)28(2,25)26)23-17(12)24-19-22-15-5-3-4-6-16(15)27-19/h3-11H,1-2H3,(H2,20,21,22,23,24). The van der Waals surface area contributed by atoms with E-state index in [2.05, 4.69) is 25.6 Å². The summed E-state index contributed by atoms with van der Waals surface area (Å²) in [4.78, 5) is 13.6. The van der Waals surface area contributed by atoms with E-state index in [4.69, 9.17) is 0 Å². The number of fused-ring (bicyclic) bond motifs is 1. The van der Waals surface area contributed by atoms with E-state index < -0.39 is 9.84 Å². The van der Waals surface area contributed by atoms with Gasteiger partial charge in [0.25, 0.3) is 0 Å². The van der Waals surface area contributed by atoms with Gasteiger partial charge in [-0.1, -0.05) is 23.5 Å². The van der Waals surface area contributed by atoms with Gasteiger partial charge in [0.05, 0.1) is 15.1 Å². The van der Waals surface area contributed by atoms with Crippen molar-refractivity contribution in [1.82, 2.24) is 15.0 Å². The number of aromatic nitrogens is 3. The lowest BCUT2D eigenvalue weighted by atomic mass is 10.3. The van der Waals surface area contributed by atoms with Gasteiger partial charge in [-0.3, -0.25) is 0 Å². The Morgan fingerprint density at radius 1 is 0.964 bits per heavy atom. The smallest absolute Gasteiger partial charge is 0.229 e. The second kappa shape index (κ2) is 7.17.